The molecule has 62 valence electrons. The first-order chi connectivity index (χ1) is 5.86. The summed E-state index contributed by atoms with van der Waals surface area (Å²) in [5.41, 5.74) is 1.46. The Kier molecular flexibility index (Phi) is 2.38. The van der Waals surface area contributed by atoms with E-state index in [-0.39, 0.29) is 0 Å². The lowest BCUT2D eigenvalue weighted by molar-refractivity contribution is 1.22. The molecule has 0 radical (unpaired) electrons. The normalized spacial score (nSPS) is 17.1. The highest BCUT2D eigenvalue weighted by atomic mass is 32.2. The van der Waals surface area contributed by atoms with Crippen LogP contribution in [0.25, 0.3) is 4.91 Å². The third kappa shape index (κ3) is 1.65. The smallest absolute Gasteiger partial charge is 0.0406 e. The van der Waals surface area contributed by atoms with Gasteiger partial charge in [-0.3, -0.25) is 0 Å². The zero-order valence-electron chi connectivity index (χ0n) is 6.91. The van der Waals surface area contributed by atoms with E-state index in [9.17, 15) is 0 Å². The SMILES string of the molecule is CC1=CSC(c2cccs2)=CC1. The first-order valence-corrected chi connectivity index (χ1v) is 5.68. The maximum Gasteiger partial charge on any atom is 0.0406 e. The van der Waals surface area contributed by atoms with Crippen LogP contribution in [0.3, 0.4) is 0 Å². The molecule has 0 unspecified atom stereocenters. The molecule has 0 atom stereocenters. The average Bonchev–Trinajstić information content (AvgIpc) is 2.58. The Labute approximate surface area is 81.0 Å². The maximum atomic E-state index is 2.31. The quantitative estimate of drug-likeness (QED) is 0.647. The zero-order valence-corrected chi connectivity index (χ0v) is 8.54. The summed E-state index contributed by atoms with van der Waals surface area (Å²) < 4.78 is 0. The fraction of sp³-hybridized carbons (Fsp3) is 0.200. The standard InChI is InChI=1S/C10H10S2/c1-8-4-5-10(12-7-8)9-3-2-6-11-9/h2-3,5-7H,4H2,1H3. The molecule has 1 aromatic rings. The van der Waals surface area contributed by atoms with E-state index >= 15 is 0 Å². The summed E-state index contributed by atoms with van der Waals surface area (Å²) in [6.07, 6.45) is 3.42. The van der Waals surface area contributed by atoms with Crippen molar-refractivity contribution in [2.45, 2.75) is 13.3 Å². The summed E-state index contributed by atoms with van der Waals surface area (Å²) in [5, 5.41) is 4.37. The van der Waals surface area contributed by atoms with E-state index in [1.54, 1.807) is 0 Å². The van der Waals surface area contributed by atoms with Crippen LogP contribution in [0.15, 0.2) is 34.6 Å². The molecule has 0 aromatic carbocycles. The van der Waals surface area contributed by atoms with Gasteiger partial charge < -0.3 is 0 Å². The van der Waals surface area contributed by atoms with Gasteiger partial charge in [-0.05, 0) is 30.2 Å². The number of hydrogen-bond donors (Lipinski definition) is 0. The van der Waals surface area contributed by atoms with Crippen LogP contribution in [0.1, 0.15) is 18.2 Å². The molecular weight excluding hydrogens is 184 g/mol. The predicted molar refractivity (Wildman–Crippen MR) is 58.3 cm³/mol. The van der Waals surface area contributed by atoms with E-state index in [4.69, 9.17) is 0 Å². The summed E-state index contributed by atoms with van der Waals surface area (Å²) >= 11 is 3.65. The molecule has 0 saturated heterocycles. The third-order valence-corrected chi connectivity index (χ3v) is 3.95. The molecule has 2 heterocycles. The van der Waals surface area contributed by atoms with Gasteiger partial charge in [-0.2, -0.15) is 0 Å². The molecule has 2 heteroatoms. The highest BCUT2D eigenvalue weighted by Crippen LogP contribution is 2.36. The van der Waals surface area contributed by atoms with Crippen LogP contribution in [-0.2, 0) is 0 Å². The summed E-state index contributed by atoms with van der Waals surface area (Å²) in [6.45, 7) is 2.18. The Morgan fingerprint density at radius 2 is 2.33 bits per heavy atom. The van der Waals surface area contributed by atoms with Crippen molar-refractivity contribution in [2.24, 2.45) is 0 Å². The van der Waals surface area contributed by atoms with Gasteiger partial charge >= 0.3 is 0 Å². The van der Waals surface area contributed by atoms with Gasteiger partial charge in [0.05, 0.1) is 0 Å². The Morgan fingerprint density at radius 3 is 2.92 bits per heavy atom. The maximum absolute atomic E-state index is 2.31. The van der Waals surface area contributed by atoms with Crippen molar-refractivity contribution in [3.63, 3.8) is 0 Å². The molecule has 12 heavy (non-hydrogen) atoms. The molecule has 1 aliphatic heterocycles. The van der Waals surface area contributed by atoms with Crippen LogP contribution in [-0.4, -0.2) is 0 Å². The molecular formula is C10H10S2. The van der Waals surface area contributed by atoms with Crippen LogP contribution < -0.4 is 0 Å². The third-order valence-electron chi connectivity index (χ3n) is 1.76. The van der Waals surface area contributed by atoms with E-state index in [0.29, 0.717) is 0 Å². The number of hydrogen-bond acceptors (Lipinski definition) is 2. The topological polar surface area (TPSA) is 0 Å². The Hall–Kier alpha value is -0.470. The van der Waals surface area contributed by atoms with Crippen LogP contribution in [0.2, 0.25) is 0 Å². The molecule has 0 aliphatic carbocycles. The van der Waals surface area contributed by atoms with Crippen molar-refractivity contribution < 1.29 is 0 Å². The van der Waals surface area contributed by atoms with Gasteiger partial charge in [-0.15, -0.1) is 11.3 Å². The second-order valence-corrected chi connectivity index (χ2v) is 4.69. The average molecular weight is 194 g/mol. The minimum Gasteiger partial charge on any atom is -0.143 e. The summed E-state index contributed by atoms with van der Waals surface area (Å²) in [5.74, 6) is 0. The second kappa shape index (κ2) is 3.50. The van der Waals surface area contributed by atoms with Crippen molar-refractivity contribution in [1.82, 2.24) is 0 Å². The van der Waals surface area contributed by atoms with E-state index in [1.807, 2.05) is 23.1 Å². The van der Waals surface area contributed by atoms with Gasteiger partial charge in [-0.25, -0.2) is 0 Å². The van der Waals surface area contributed by atoms with Crippen molar-refractivity contribution >= 4 is 28.0 Å². The molecule has 1 aromatic heterocycles. The Balaban J connectivity index is 2.19. The number of thioether (sulfide) groups is 1. The molecule has 0 N–H and O–H groups in total. The highest BCUT2D eigenvalue weighted by Gasteiger charge is 2.05. The largest absolute Gasteiger partial charge is 0.143 e. The number of rotatable bonds is 1. The van der Waals surface area contributed by atoms with E-state index in [2.05, 4.69) is 35.9 Å². The Morgan fingerprint density at radius 1 is 1.42 bits per heavy atom. The van der Waals surface area contributed by atoms with E-state index in [0.717, 1.165) is 6.42 Å². The van der Waals surface area contributed by atoms with Gasteiger partial charge in [0.1, 0.15) is 0 Å². The van der Waals surface area contributed by atoms with Gasteiger partial charge in [0.2, 0.25) is 0 Å². The minimum atomic E-state index is 1.11. The lowest BCUT2D eigenvalue weighted by Crippen LogP contribution is -1.81. The molecule has 0 saturated carbocycles. The van der Waals surface area contributed by atoms with Crippen LogP contribution in [0, 0.1) is 0 Å². The summed E-state index contributed by atoms with van der Waals surface area (Å²) in [4.78, 5) is 2.80. The second-order valence-electron chi connectivity index (χ2n) is 2.83. The molecule has 0 nitrogen and oxygen atoms in total. The highest BCUT2D eigenvalue weighted by molar-refractivity contribution is 8.11. The van der Waals surface area contributed by atoms with Crippen molar-refractivity contribution in [1.29, 1.82) is 0 Å². The predicted octanol–water partition coefficient (Wildman–Crippen LogP) is 4.13. The molecule has 0 bridgehead atoms. The van der Waals surface area contributed by atoms with E-state index in [1.165, 1.54) is 15.4 Å². The Bertz CT molecular complexity index is 318. The molecule has 0 fully saturated rings. The molecule has 2 rings (SSSR count). The number of allylic oxidation sites excluding steroid dienone is 2. The van der Waals surface area contributed by atoms with E-state index < -0.39 is 0 Å². The first-order valence-electron chi connectivity index (χ1n) is 3.92. The van der Waals surface area contributed by atoms with Crippen LogP contribution >= 0.6 is 23.1 Å². The van der Waals surface area contributed by atoms with Gasteiger partial charge in [-0.1, -0.05) is 29.5 Å². The minimum absolute atomic E-state index is 1.11. The molecule has 0 spiro atoms. The van der Waals surface area contributed by atoms with Crippen molar-refractivity contribution in [3.05, 3.63) is 39.4 Å². The fourth-order valence-corrected chi connectivity index (χ4v) is 2.83. The summed E-state index contributed by atoms with van der Waals surface area (Å²) in [6, 6.07) is 4.28. The molecule has 0 amide bonds. The lowest BCUT2D eigenvalue weighted by atomic mass is 10.2. The van der Waals surface area contributed by atoms with Crippen molar-refractivity contribution in [3.8, 4) is 0 Å². The van der Waals surface area contributed by atoms with Crippen LogP contribution in [0.5, 0.6) is 0 Å². The summed E-state index contributed by atoms with van der Waals surface area (Å²) in [7, 11) is 0. The van der Waals surface area contributed by atoms with Crippen molar-refractivity contribution in [2.75, 3.05) is 0 Å². The van der Waals surface area contributed by atoms with Gasteiger partial charge in [0.25, 0.3) is 0 Å². The van der Waals surface area contributed by atoms with Gasteiger partial charge in [0.15, 0.2) is 0 Å². The number of thiophene rings is 1. The fourth-order valence-electron chi connectivity index (χ4n) is 1.09. The first kappa shape index (κ1) is 8.14. The molecule has 1 aliphatic rings. The van der Waals surface area contributed by atoms with Gasteiger partial charge in [0, 0.05) is 9.78 Å². The van der Waals surface area contributed by atoms with Crippen LogP contribution in [0.4, 0.5) is 0 Å². The zero-order chi connectivity index (χ0) is 8.39. The monoisotopic (exact) mass is 194 g/mol. The lowest BCUT2D eigenvalue weighted by Gasteiger charge is -2.08.